The smallest absolute Gasteiger partial charge is 0.225 e. The van der Waals surface area contributed by atoms with Gasteiger partial charge in [-0.05, 0) is 31.5 Å². The normalized spacial score (nSPS) is 23.9. The van der Waals surface area contributed by atoms with Gasteiger partial charge in [0, 0.05) is 0 Å². The van der Waals surface area contributed by atoms with Gasteiger partial charge in [-0.25, -0.2) is 0 Å². The fourth-order valence-electron chi connectivity index (χ4n) is 1.94. The maximum atomic E-state index is 12.1. The predicted molar refractivity (Wildman–Crippen MR) is 64.3 cm³/mol. The summed E-state index contributed by atoms with van der Waals surface area (Å²) in [6, 6.07) is 7.28. The highest BCUT2D eigenvalue weighted by Crippen LogP contribution is 2.34. The van der Waals surface area contributed by atoms with Gasteiger partial charge in [-0.3, -0.25) is 10.5 Å². The molecule has 2 rings (SSSR count). The Morgan fingerprint density at radius 3 is 2.65 bits per heavy atom. The Kier molecular flexibility index (Phi) is 2.67. The lowest BCUT2D eigenvalue weighted by Crippen LogP contribution is -2.43. The van der Waals surface area contributed by atoms with E-state index in [1.54, 1.807) is 27.0 Å². The van der Waals surface area contributed by atoms with E-state index in [0.29, 0.717) is 17.1 Å². The van der Waals surface area contributed by atoms with Crippen LogP contribution in [0.25, 0.3) is 5.57 Å². The number of nitrogens with two attached hydrogens (primary N) is 1. The third kappa shape index (κ3) is 1.91. The molecule has 1 aromatic rings. The summed E-state index contributed by atoms with van der Waals surface area (Å²) in [6.07, 6.45) is 0. The van der Waals surface area contributed by atoms with Crippen molar-refractivity contribution in [2.24, 2.45) is 5.73 Å². The monoisotopic (exact) mass is 233 g/mol. The zero-order valence-electron chi connectivity index (χ0n) is 10.1. The van der Waals surface area contributed by atoms with Gasteiger partial charge in [-0.1, -0.05) is 12.1 Å². The molecule has 17 heavy (non-hydrogen) atoms. The van der Waals surface area contributed by atoms with Gasteiger partial charge >= 0.3 is 0 Å². The number of carbonyl (C=O) groups is 1. The zero-order chi connectivity index (χ0) is 12.6. The van der Waals surface area contributed by atoms with Crippen molar-refractivity contribution in [3.63, 3.8) is 0 Å². The quantitative estimate of drug-likeness (QED) is 0.844. The number of benzene rings is 1. The van der Waals surface area contributed by atoms with Crippen molar-refractivity contribution in [3.05, 3.63) is 35.6 Å². The van der Waals surface area contributed by atoms with Crippen LogP contribution in [0.5, 0.6) is 5.75 Å². The number of rotatable bonds is 2. The van der Waals surface area contributed by atoms with Crippen LogP contribution in [0.1, 0.15) is 19.4 Å². The molecule has 1 unspecified atom stereocenters. The van der Waals surface area contributed by atoms with Crippen molar-refractivity contribution in [1.29, 1.82) is 0 Å². The third-order valence-corrected chi connectivity index (χ3v) is 2.75. The number of carbonyl (C=O) groups excluding carboxylic acids is 1. The molecule has 4 heteroatoms. The van der Waals surface area contributed by atoms with Crippen LogP contribution in [0, 0.1) is 0 Å². The van der Waals surface area contributed by atoms with Crippen LogP contribution in [0.2, 0.25) is 0 Å². The number of hydrogen-bond donors (Lipinski definition) is 1. The molecule has 0 radical (unpaired) electrons. The minimum Gasteiger partial charge on any atom is -0.497 e. The first kappa shape index (κ1) is 11.7. The molecule has 1 aromatic carbocycles. The first-order valence-electron chi connectivity index (χ1n) is 5.33. The Bertz CT molecular complexity index is 503. The summed E-state index contributed by atoms with van der Waals surface area (Å²) in [5, 5.41) is 0. The highest BCUT2D eigenvalue weighted by atomic mass is 16.5. The van der Waals surface area contributed by atoms with Crippen LogP contribution >= 0.6 is 0 Å². The van der Waals surface area contributed by atoms with E-state index in [2.05, 4.69) is 0 Å². The number of ketones is 1. The molecule has 1 aliphatic heterocycles. The van der Waals surface area contributed by atoms with Crippen LogP contribution in [-0.4, -0.2) is 18.6 Å². The summed E-state index contributed by atoms with van der Waals surface area (Å²) >= 11 is 0. The molecule has 0 saturated heterocycles. The molecule has 0 aliphatic carbocycles. The van der Waals surface area contributed by atoms with Crippen molar-refractivity contribution in [2.75, 3.05) is 7.11 Å². The Labute approximate surface area is 100 Å². The van der Waals surface area contributed by atoms with E-state index in [4.69, 9.17) is 15.2 Å². The second-order valence-electron chi connectivity index (χ2n) is 4.20. The van der Waals surface area contributed by atoms with Crippen molar-refractivity contribution >= 4 is 11.4 Å². The van der Waals surface area contributed by atoms with Crippen LogP contribution in [-0.2, 0) is 9.53 Å². The zero-order valence-corrected chi connectivity index (χ0v) is 10.1. The van der Waals surface area contributed by atoms with Crippen molar-refractivity contribution < 1.29 is 14.3 Å². The van der Waals surface area contributed by atoms with E-state index < -0.39 is 5.72 Å². The van der Waals surface area contributed by atoms with Crippen LogP contribution in [0.15, 0.2) is 30.0 Å². The number of methoxy groups -OCH3 is 1. The Hall–Kier alpha value is -1.81. The van der Waals surface area contributed by atoms with Crippen molar-refractivity contribution in [3.8, 4) is 5.75 Å². The SMILES string of the molecule is COc1cccc(C2=C(C)OC(C)(N)C2=O)c1. The summed E-state index contributed by atoms with van der Waals surface area (Å²) in [5.74, 6) is 1.04. The van der Waals surface area contributed by atoms with Gasteiger partial charge in [0.25, 0.3) is 0 Å². The molecule has 1 aliphatic rings. The van der Waals surface area contributed by atoms with Crippen molar-refractivity contribution in [2.45, 2.75) is 19.6 Å². The van der Waals surface area contributed by atoms with Gasteiger partial charge in [0.15, 0.2) is 0 Å². The third-order valence-electron chi connectivity index (χ3n) is 2.75. The minimum absolute atomic E-state index is 0.205. The second kappa shape index (κ2) is 3.89. The highest BCUT2D eigenvalue weighted by molar-refractivity contribution is 6.26. The fourth-order valence-corrected chi connectivity index (χ4v) is 1.94. The average molecular weight is 233 g/mol. The van der Waals surface area contributed by atoms with E-state index in [9.17, 15) is 4.79 Å². The van der Waals surface area contributed by atoms with E-state index in [0.717, 1.165) is 5.56 Å². The Morgan fingerprint density at radius 1 is 1.41 bits per heavy atom. The lowest BCUT2D eigenvalue weighted by atomic mass is 9.97. The molecule has 0 bridgehead atoms. The number of allylic oxidation sites excluding steroid dienone is 1. The maximum Gasteiger partial charge on any atom is 0.225 e. The molecular weight excluding hydrogens is 218 g/mol. The van der Waals surface area contributed by atoms with Gasteiger partial charge in [-0.15, -0.1) is 0 Å². The van der Waals surface area contributed by atoms with E-state index in [1.807, 2.05) is 18.2 Å². The predicted octanol–water partition coefficient (Wildman–Crippen LogP) is 1.70. The summed E-state index contributed by atoms with van der Waals surface area (Å²) < 4.78 is 10.5. The van der Waals surface area contributed by atoms with Gasteiger partial charge in [0.1, 0.15) is 11.5 Å². The van der Waals surface area contributed by atoms with Gasteiger partial charge in [0.2, 0.25) is 11.5 Å². The lowest BCUT2D eigenvalue weighted by molar-refractivity contribution is -0.127. The molecule has 0 amide bonds. The molecule has 0 aromatic heterocycles. The number of hydrogen-bond acceptors (Lipinski definition) is 4. The Balaban J connectivity index is 2.47. The average Bonchev–Trinajstić information content (AvgIpc) is 2.48. The minimum atomic E-state index is -1.26. The molecular formula is C13H15NO3. The molecule has 0 spiro atoms. The van der Waals surface area contributed by atoms with E-state index >= 15 is 0 Å². The number of ether oxygens (including phenoxy) is 2. The molecule has 1 heterocycles. The molecule has 1 atom stereocenters. The van der Waals surface area contributed by atoms with E-state index in [-0.39, 0.29) is 5.78 Å². The van der Waals surface area contributed by atoms with Crippen molar-refractivity contribution in [1.82, 2.24) is 0 Å². The first-order valence-corrected chi connectivity index (χ1v) is 5.33. The lowest BCUT2D eigenvalue weighted by Gasteiger charge is -2.16. The molecule has 2 N–H and O–H groups in total. The molecule has 0 fully saturated rings. The second-order valence-corrected chi connectivity index (χ2v) is 4.20. The molecule has 90 valence electrons. The fraction of sp³-hybridized carbons (Fsp3) is 0.308. The maximum absolute atomic E-state index is 12.1. The van der Waals surface area contributed by atoms with Crippen LogP contribution < -0.4 is 10.5 Å². The topological polar surface area (TPSA) is 61.6 Å². The van der Waals surface area contributed by atoms with Crippen LogP contribution in [0.3, 0.4) is 0 Å². The van der Waals surface area contributed by atoms with Gasteiger partial charge in [-0.2, -0.15) is 0 Å². The standard InChI is InChI=1S/C13H15NO3/c1-8-11(12(15)13(2,14)17-8)9-5-4-6-10(7-9)16-3/h4-7H,14H2,1-3H3. The van der Waals surface area contributed by atoms with E-state index in [1.165, 1.54) is 0 Å². The molecule has 4 nitrogen and oxygen atoms in total. The van der Waals surface area contributed by atoms with Gasteiger partial charge < -0.3 is 9.47 Å². The summed E-state index contributed by atoms with van der Waals surface area (Å²) in [5.41, 5.74) is 5.79. The van der Waals surface area contributed by atoms with Crippen LogP contribution in [0.4, 0.5) is 0 Å². The van der Waals surface area contributed by atoms with Gasteiger partial charge in [0.05, 0.1) is 12.7 Å². The highest BCUT2D eigenvalue weighted by Gasteiger charge is 2.41. The first-order chi connectivity index (χ1) is 7.95. The Morgan fingerprint density at radius 2 is 2.12 bits per heavy atom. The molecule has 0 saturated carbocycles. The largest absolute Gasteiger partial charge is 0.497 e. The summed E-state index contributed by atoms with van der Waals surface area (Å²) in [6.45, 7) is 3.30. The number of Topliss-reactive ketones (excluding diaryl/α,β-unsaturated/α-hetero) is 1. The summed E-state index contributed by atoms with van der Waals surface area (Å²) in [4.78, 5) is 12.1. The summed E-state index contributed by atoms with van der Waals surface area (Å²) in [7, 11) is 1.58.